The molecule has 0 radical (unpaired) electrons. The lowest BCUT2D eigenvalue weighted by Crippen LogP contribution is -2.53. The molecule has 1 aromatic rings. The zero-order valence-corrected chi connectivity index (χ0v) is 13.4. The number of nitrogens with one attached hydrogen (secondary N) is 1. The lowest BCUT2D eigenvalue weighted by molar-refractivity contribution is 0.0782. The van der Waals surface area contributed by atoms with Gasteiger partial charge in [0.25, 0.3) is 0 Å². The van der Waals surface area contributed by atoms with Gasteiger partial charge in [0.1, 0.15) is 0 Å². The fourth-order valence-electron chi connectivity index (χ4n) is 3.16. The fraction of sp³-hybridized carbons (Fsp3) is 0.706. The predicted octanol–water partition coefficient (Wildman–Crippen LogP) is 2.99. The lowest BCUT2D eigenvalue weighted by Gasteiger charge is -2.43. The van der Waals surface area contributed by atoms with Crippen molar-refractivity contribution in [3.63, 3.8) is 0 Å². The van der Waals surface area contributed by atoms with Crippen molar-refractivity contribution in [2.75, 3.05) is 13.1 Å². The van der Waals surface area contributed by atoms with Crippen molar-refractivity contribution in [1.82, 2.24) is 15.2 Å². The van der Waals surface area contributed by atoms with E-state index in [-0.39, 0.29) is 0 Å². The molecule has 1 fully saturated rings. The summed E-state index contributed by atoms with van der Waals surface area (Å²) in [7, 11) is 0. The van der Waals surface area contributed by atoms with E-state index in [0.29, 0.717) is 18.0 Å². The molecule has 112 valence electrons. The second-order valence-electron chi connectivity index (χ2n) is 6.22. The van der Waals surface area contributed by atoms with E-state index in [4.69, 9.17) is 0 Å². The molecule has 3 unspecified atom stereocenters. The first kappa shape index (κ1) is 15.5. The third kappa shape index (κ3) is 3.58. The number of nitrogens with zero attached hydrogens (tertiary/aromatic N) is 2. The van der Waals surface area contributed by atoms with Gasteiger partial charge >= 0.3 is 0 Å². The maximum atomic E-state index is 4.27. The quantitative estimate of drug-likeness (QED) is 0.895. The third-order valence-electron chi connectivity index (χ3n) is 4.88. The van der Waals surface area contributed by atoms with E-state index in [1.165, 1.54) is 30.5 Å². The molecule has 1 aliphatic heterocycles. The van der Waals surface area contributed by atoms with Gasteiger partial charge < -0.3 is 5.32 Å². The van der Waals surface area contributed by atoms with Crippen LogP contribution < -0.4 is 5.32 Å². The standard InChI is InChI=1S/C17H29N3/c1-5-8-19-17-7-10-20(15(4)14(17)3)12-16-11-18-9-6-13(16)2/h6,9,11,14-15,17,19H,5,7-8,10,12H2,1-4H3. The average Bonchev–Trinajstić information content (AvgIpc) is 2.45. The van der Waals surface area contributed by atoms with Crippen LogP contribution in [0.25, 0.3) is 0 Å². The zero-order valence-electron chi connectivity index (χ0n) is 13.4. The normalized spacial score (nSPS) is 27.7. The largest absolute Gasteiger partial charge is 0.314 e. The van der Waals surface area contributed by atoms with E-state index >= 15 is 0 Å². The summed E-state index contributed by atoms with van der Waals surface area (Å²) in [5.41, 5.74) is 2.72. The van der Waals surface area contributed by atoms with Gasteiger partial charge in [0.15, 0.2) is 0 Å². The number of likely N-dealkylation sites (tertiary alicyclic amines) is 1. The van der Waals surface area contributed by atoms with Gasteiger partial charge in [-0.15, -0.1) is 0 Å². The van der Waals surface area contributed by atoms with E-state index in [9.17, 15) is 0 Å². The molecule has 1 N–H and O–H groups in total. The van der Waals surface area contributed by atoms with Gasteiger partial charge in [-0.2, -0.15) is 0 Å². The smallest absolute Gasteiger partial charge is 0.0315 e. The Morgan fingerprint density at radius 2 is 2.20 bits per heavy atom. The summed E-state index contributed by atoms with van der Waals surface area (Å²) in [6.07, 6.45) is 6.38. The number of pyridine rings is 1. The van der Waals surface area contributed by atoms with Gasteiger partial charge in [-0.3, -0.25) is 9.88 Å². The maximum Gasteiger partial charge on any atom is 0.0315 e. The van der Waals surface area contributed by atoms with Gasteiger partial charge in [0.05, 0.1) is 0 Å². The number of rotatable bonds is 5. The Balaban J connectivity index is 1.97. The predicted molar refractivity (Wildman–Crippen MR) is 84.7 cm³/mol. The molecule has 0 amide bonds. The molecule has 20 heavy (non-hydrogen) atoms. The van der Waals surface area contributed by atoms with E-state index < -0.39 is 0 Å². The highest BCUT2D eigenvalue weighted by Gasteiger charge is 2.31. The Morgan fingerprint density at radius 3 is 2.90 bits per heavy atom. The summed E-state index contributed by atoms with van der Waals surface area (Å²) in [6, 6.07) is 3.41. The van der Waals surface area contributed by atoms with Gasteiger partial charge in [0.2, 0.25) is 0 Å². The molecule has 1 aliphatic rings. The molecule has 1 aromatic heterocycles. The van der Waals surface area contributed by atoms with Crippen LogP contribution in [0, 0.1) is 12.8 Å². The minimum absolute atomic E-state index is 0.623. The number of piperidine rings is 1. The molecule has 2 heterocycles. The monoisotopic (exact) mass is 275 g/mol. The summed E-state index contributed by atoms with van der Waals surface area (Å²) in [6.45, 7) is 12.5. The van der Waals surface area contributed by atoms with Crippen LogP contribution in [0.2, 0.25) is 0 Å². The molecule has 3 atom stereocenters. The van der Waals surface area contributed by atoms with Crippen molar-refractivity contribution >= 4 is 0 Å². The Kier molecular flexibility index (Phi) is 5.55. The summed E-state index contributed by atoms with van der Waals surface area (Å²) in [5, 5.41) is 3.71. The van der Waals surface area contributed by atoms with Crippen LogP contribution in [0.15, 0.2) is 18.5 Å². The van der Waals surface area contributed by atoms with Crippen molar-refractivity contribution in [2.24, 2.45) is 5.92 Å². The highest BCUT2D eigenvalue weighted by atomic mass is 15.2. The number of aryl methyl sites for hydroxylation is 1. The van der Waals surface area contributed by atoms with E-state index in [1.807, 2.05) is 12.4 Å². The fourth-order valence-corrected chi connectivity index (χ4v) is 3.16. The Hall–Kier alpha value is -0.930. The molecule has 0 aliphatic carbocycles. The van der Waals surface area contributed by atoms with Crippen molar-refractivity contribution in [1.29, 1.82) is 0 Å². The topological polar surface area (TPSA) is 28.2 Å². The lowest BCUT2D eigenvalue weighted by atomic mass is 9.86. The highest BCUT2D eigenvalue weighted by molar-refractivity contribution is 5.21. The number of hydrogen-bond donors (Lipinski definition) is 1. The van der Waals surface area contributed by atoms with Gasteiger partial charge in [-0.05, 0) is 56.3 Å². The van der Waals surface area contributed by atoms with E-state index in [1.54, 1.807) is 0 Å². The summed E-state index contributed by atoms with van der Waals surface area (Å²) < 4.78 is 0. The van der Waals surface area contributed by atoms with Gasteiger partial charge in [-0.1, -0.05) is 13.8 Å². The molecule has 0 saturated carbocycles. The Bertz CT molecular complexity index is 418. The third-order valence-corrected chi connectivity index (χ3v) is 4.88. The van der Waals surface area contributed by atoms with Crippen LogP contribution in [0.1, 0.15) is 44.7 Å². The van der Waals surface area contributed by atoms with E-state index in [0.717, 1.165) is 13.1 Å². The minimum Gasteiger partial charge on any atom is -0.314 e. The molecular formula is C17H29N3. The summed E-state index contributed by atoms with van der Waals surface area (Å²) in [5.74, 6) is 0.701. The first-order valence-electron chi connectivity index (χ1n) is 8.00. The molecule has 0 spiro atoms. The first-order chi connectivity index (χ1) is 9.63. The number of aromatic nitrogens is 1. The second-order valence-corrected chi connectivity index (χ2v) is 6.22. The molecule has 3 nitrogen and oxygen atoms in total. The molecule has 3 heteroatoms. The van der Waals surface area contributed by atoms with Gasteiger partial charge in [0, 0.05) is 37.6 Å². The van der Waals surface area contributed by atoms with Crippen molar-refractivity contribution in [3.05, 3.63) is 29.6 Å². The average molecular weight is 275 g/mol. The van der Waals surface area contributed by atoms with Crippen LogP contribution in [0.3, 0.4) is 0 Å². The van der Waals surface area contributed by atoms with Gasteiger partial charge in [-0.25, -0.2) is 0 Å². The Morgan fingerprint density at radius 1 is 1.40 bits per heavy atom. The highest BCUT2D eigenvalue weighted by Crippen LogP contribution is 2.25. The molecule has 1 saturated heterocycles. The van der Waals surface area contributed by atoms with Crippen molar-refractivity contribution in [2.45, 2.75) is 59.2 Å². The van der Waals surface area contributed by atoms with Crippen LogP contribution in [0.5, 0.6) is 0 Å². The summed E-state index contributed by atoms with van der Waals surface area (Å²) in [4.78, 5) is 6.88. The molecule has 0 aromatic carbocycles. The minimum atomic E-state index is 0.623. The second kappa shape index (κ2) is 7.19. The molecule has 2 rings (SSSR count). The number of hydrogen-bond acceptors (Lipinski definition) is 3. The maximum absolute atomic E-state index is 4.27. The summed E-state index contributed by atoms with van der Waals surface area (Å²) >= 11 is 0. The van der Waals surface area contributed by atoms with E-state index in [2.05, 4.69) is 49.0 Å². The SMILES string of the molecule is CCCNC1CCN(Cc2cnccc2C)C(C)C1C. The van der Waals surface area contributed by atoms with Crippen LogP contribution in [0.4, 0.5) is 0 Å². The zero-order chi connectivity index (χ0) is 14.5. The van der Waals surface area contributed by atoms with Crippen molar-refractivity contribution < 1.29 is 0 Å². The van der Waals surface area contributed by atoms with Crippen LogP contribution in [-0.4, -0.2) is 35.1 Å². The van der Waals surface area contributed by atoms with Crippen molar-refractivity contribution in [3.8, 4) is 0 Å². The van der Waals surface area contributed by atoms with Crippen LogP contribution >= 0.6 is 0 Å². The Labute approximate surface area is 123 Å². The molecule has 0 bridgehead atoms. The first-order valence-corrected chi connectivity index (χ1v) is 8.00. The molecular weight excluding hydrogens is 246 g/mol. The van der Waals surface area contributed by atoms with Crippen LogP contribution in [-0.2, 0) is 6.54 Å².